The topological polar surface area (TPSA) is 78.9 Å². The molecule has 0 aliphatic carbocycles. The van der Waals surface area contributed by atoms with Crippen LogP contribution in [0.25, 0.3) is 0 Å². The van der Waals surface area contributed by atoms with Gasteiger partial charge in [0.15, 0.2) is 12.1 Å². The van der Waals surface area contributed by atoms with Crippen LogP contribution in [0, 0.1) is 0 Å². The molecule has 4 rings (SSSR count). The van der Waals surface area contributed by atoms with Gasteiger partial charge in [0.1, 0.15) is 11.9 Å². The van der Waals surface area contributed by atoms with Gasteiger partial charge in [-0.1, -0.05) is 18.2 Å². The maximum absolute atomic E-state index is 12.5. The molecule has 2 N–H and O–H groups in total. The van der Waals surface area contributed by atoms with Gasteiger partial charge in [-0.25, -0.2) is 0 Å². The first kappa shape index (κ1) is 15.7. The molecule has 2 atom stereocenters. The molecule has 2 unspecified atom stereocenters. The van der Waals surface area contributed by atoms with E-state index in [0.29, 0.717) is 29.8 Å². The average molecular weight is 338 g/mol. The molecule has 2 aromatic carbocycles. The number of carbonyl (C=O) groups excluding carboxylic acids is 2. The van der Waals surface area contributed by atoms with Crippen molar-refractivity contribution in [3.8, 4) is 5.75 Å². The van der Waals surface area contributed by atoms with E-state index in [-0.39, 0.29) is 17.9 Å². The molecule has 0 fully saturated rings. The highest BCUT2D eigenvalue weighted by molar-refractivity contribution is 6.11. The number of rotatable bonds is 3. The predicted molar refractivity (Wildman–Crippen MR) is 91.7 cm³/mol. The first-order valence-corrected chi connectivity index (χ1v) is 8.23. The number of nitrogens with zero attached hydrogens (tertiary/aromatic N) is 1. The maximum atomic E-state index is 12.5. The number of hydrogen-bond acceptors (Lipinski definition) is 5. The SMILES string of the molecule is CC(O)Oc1ccc(C2NC(=O)c3cccc4c3N2CCC4=O)cc1. The van der Waals surface area contributed by atoms with Crippen molar-refractivity contribution in [1.29, 1.82) is 0 Å². The van der Waals surface area contributed by atoms with Gasteiger partial charge >= 0.3 is 0 Å². The zero-order valence-corrected chi connectivity index (χ0v) is 13.7. The van der Waals surface area contributed by atoms with Crippen LogP contribution in [-0.4, -0.2) is 29.6 Å². The summed E-state index contributed by atoms with van der Waals surface area (Å²) in [6.45, 7) is 2.10. The number of Topliss-reactive ketones (excluding diaryl/α,β-unsaturated/α-hetero) is 1. The Bertz CT molecular complexity index is 831. The Hall–Kier alpha value is -2.86. The molecule has 6 nitrogen and oxygen atoms in total. The predicted octanol–water partition coefficient (Wildman–Crippen LogP) is 2.24. The molecular formula is C19H18N2O4. The summed E-state index contributed by atoms with van der Waals surface area (Å²) >= 11 is 0. The Morgan fingerprint density at radius 3 is 2.60 bits per heavy atom. The number of benzene rings is 2. The Morgan fingerprint density at radius 2 is 1.88 bits per heavy atom. The zero-order chi connectivity index (χ0) is 17.6. The summed E-state index contributed by atoms with van der Waals surface area (Å²) in [7, 11) is 0. The van der Waals surface area contributed by atoms with Gasteiger partial charge in [-0.15, -0.1) is 0 Å². The molecule has 0 aromatic heterocycles. The molecule has 0 bridgehead atoms. The number of ketones is 1. The number of amides is 1. The van der Waals surface area contributed by atoms with Crippen molar-refractivity contribution in [2.75, 3.05) is 11.4 Å². The molecule has 2 aliphatic rings. The summed E-state index contributed by atoms with van der Waals surface area (Å²) in [5, 5.41) is 12.3. The van der Waals surface area contributed by atoms with Gasteiger partial charge in [-0.2, -0.15) is 0 Å². The fourth-order valence-electron chi connectivity index (χ4n) is 3.46. The standard InChI is InChI=1S/C19H18N2O4/c1-11(22)25-13-7-5-12(6-8-13)18-20-19(24)15-4-2-3-14-16(23)9-10-21(18)17(14)15/h2-8,11,18,22H,9-10H2,1H3,(H,20,24). The number of hydrogen-bond donors (Lipinski definition) is 2. The van der Waals surface area contributed by atoms with E-state index in [0.717, 1.165) is 11.3 Å². The minimum Gasteiger partial charge on any atom is -0.465 e. The molecule has 6 heteroatoms. The highest BCUT2D eigenvalue weighted by atomic mass is 16.6. The molecule has 0 spiro atoms. The lowest BCUT2D eigenvalue weighted by molar-refractivity contribution is -0.000312. The highest BCUT2D eigenvalue weighted by Crippen LogP contribution is 2.39. The van der Waals surface area contributed by atoms with E-state index in [4.69, 9.17) is 4.74 Å². The largest absolute Gasteiger partial charge is 0.465 e. The Balaban J connectivity index is 1.73. The molecule has 2 aromatic rings. The van der Waals surface area contributed by atoms with Gasteiger partial charge in [-0.05, 0) is 36.8 Å². The second kappa shape index (κ2) is 5.89. The fourth-order valence-corrected chi connectivity index (χ4v) is 3.46. The normalized spacial score (nSPS) is 19.9. The van der Waals surface area contributed by atoms with Crippen LogP contribution in [0.2, 0.25) is 0 Å². The van der Waals surface area contributed by atoms with Crippen molar-refractivity contribution in [3.63, 3.8) is 0 Å². The van der Waals surface area contributed by atoms with Crippen molar-refractivity contribution in [2.45, 2.75) is 25.8 Å². The van der Waals surface area contributed by atoms with E-state index in [9.17, 15) is 14.7 Å². The number of carbonyl (C=O) groups is 2. The minimum atomic E-state index is -0.886. The molecule has 25 heavy (non-hydrogen) atoms. The summed E-state index contributed by atoms with van der Waals surface area (Å²) in [5.74, 6) is 0.440. The summed E-state index contributed by atoms with van der Waals surface area (Å²) in [6, 6.07) is 12.5. The third kappa shape index (κ3) is 2.64. The van der Waals surface area contributed by atoms with Crippen molar-refractivity contribution in [1.82, 2.24) is 5.32 Å². The van der Waals surface area contributed by atoms with Crippen LogP contribution in [0.5, 0.6) is 5.75 Å². The number of aliphatic hydroxyl groups is 1. The van der Waals surface area contributed by atoms with Gasteiger partial charge < -0.3 is 20.1 Å². The van der Waals surface area contributed by atoms with Crippen molar-refractivity contribution >= 4 is 17.4 Å². The monoisotopic (exact) mass is 338 g/mol. The Labute approximate surface area is 145 Å². The summed E-state index contributed by atoms with van der Waals surface area (Å²) in [4.78, 5) is 26.8. The summed E-state index contributed by atoms with van der Waals surface area (Å²) in [6.07, 6.45) is -0.802. The number of ether oxygens (including phenoxy) is 1. The molecule has 0 saturated carbocycles. The van der Waals surface area contributed by atoms with E-state index < -0.39 is 6.29 Å². The molecule has 2 heterocycles. The third-order valence-electron chi connectivity index (χ3n) is 4.53. The molecule has 1 amide bonds. The number of anilines is 1. The van der Waals surface area contributed by atoms with Crippen molar-refractivity contribution in [2.24, 2.45) is 0 Å². The van der Waals surface area contributed by atoms with E-state index in [1.165, 1.54) is 0 Å². The number of para-hydroxylation sites is 1. The van der Waals surface area contributed by atoms with Gasteiger partial charge in [0.05, 0.1) is 11.3 Å². The lowest BCUT2D eigenvalue weighted by Crippen LogP contribution is -2.49. The van der Waals surface area contributed by atoms with E-state index in [1.807, 2.05) is 12.1 Å². The van der Waals surface area contributed by atoms with E-state index in [2.05, 4.69) is 10.2 Å². The smallest absolute Gasteiger partial charge is 0.255 e. The van der Waals surface area contributed by atoms with E-state index >= 15 is 0 Å². The van der Waals surface area contributed by atoms with Crippen molar-refractivity contribution < 1.29 is 19.4 Å². The second-order valence-corrected chi connectivity index (χ2v) is 6.23. The lowest BCUT2D eigenvalue weighted by atomic mass is 9.92. The van der Waals surface area contributed by atoms with Gasteiger partial charge in [0, 0.05) is 18.5 Å². The van der Waals surface area contributed by atoms with E-state index in [1.54, 1.807) is 37.3 Å². The van der Waals surface area contributed by atoms with Gasteiger partial charge in [-0.3, -0.25) is 9.59 Å². The molecule has 128 valence electrons. The quantitative estimate of drug-likeness (QED) is 0.839. The average Bonchev–Trinajstić information content (AvgIpc) is 2.60. The Kier molecular flexibility index (Phi) is 3.69. The zero-order valence-electron chi connectivity index (χ0n) is 13.7. The summed E-state index contributed by atoms with van der Waals surface area (Å²) in [5.41, 5.74) is 2.76. The lowest BCUT2D eigenvalue weighted by Gasteiger charge is -2.42. The van der Waals surface area contributed by atoms with Crippen LogP contribution in [0.4, 0.5) is 5.69 Å². The highest BCUT2D eigenvalue weighted by Gasteiger charge is 2.37. The van der Waals surface area contributed by atoms with Gasteiger partial charge in [0.2, 0.25) is 0 Å². The Morgan fingerprint density at radius 1 is 1.16 bits per heavy atom. The maximum Gasteiger partial charge on any atom is 0.255 e. The second-order valence-electron chi connectivity index (χ2n) is 6.23. The summed E-state index contributed by atoms with van der Waals surface area (Å²) < 4.78 is 5.24. The number of nitrogens with one attached hydrogen (secondary N) is 1. The minimum absolute atomic E-state index is 0.0715. The van der Waals surface area contributed by atoms with Gasteiger partial charge in [0.25, 0.3) is 5.91 Å². The molecule has 0 radical (unpaired) electrons. The molecule has 2 aliphatic heterocycles. The molecule has 0 saturated heterocycles. The number of aliphatic hydroxyl groups excluding tert-OH is 1. The van der Waals surface area contributed by atoms with Crippen LogP contribution in [-0.2, 0) is 0 Å². The first-order chi connectivity index (χ1) is 12.0. The van der Waals surface area contributed by atoms with Crippen LogP contribution >= 0.6 is 0 Å². The molecular weight excluding hydrogens is 320 g/mol. The third-order valence-corrected chi connectivity index (χ3v) is 4.53. The first-order valence-electron chi connectivity index (χ1n) is 8.23. The van der Waals surface area contributed by atoms with Crippen LogP contribution in [0.15, 0.2) is 42.5 Å². The van der Waals surface area contributed by atoms with Crippen LogP contribution < -0.4 is 15.0 Å². The van der Waals surface area contributed by atoms with Crippen LogP contribution in [0.3, 0.4) is 0 Å². The van der Waals surface area contributed by atoms with Crippen LogP contribution in [0.1, 0.15) is 45.8 Å². The van der Waals surface area contributed by atoms with Crippen molar-refractivity contribution in [3.05, 3.63) is 59.2 Å². The fraction of sp³-hybridized carbons (Fsp3) is 0.263.